The third-order valence-corrected chi connectivity index (χ3v) is 4.78. The van der Waals surface area contributed by atoms with E-state index in [1.807, 2.05) is 6.92 Å². The Balaban J connectivity index is 1.72. The van der Waals surface area contributed by atoms with Crippen molar-refractivity contribution in [3.8, 4) is 0 Å². The van der Waals surface area contributed by atoms with Crippen LogP contribution in [-0.2, 0) is 0 Å². The van der Waals surface area contributed by atoms with Gasteiger partial charge >= 0.3 is 0 Å². The van der Waals surface area contributed by atoms with Gasteiger partial charge in [0.1, 0.15) is 5.82 Å². The van der Waals surface area contributed by atoms with Crippen molar-refractivity contribution in [1.29, 1.82) is 0 Å². The van der Waals surface area contributed by atoms with Crippen LogP contribution in [0.25, 0.3) is 0 Å². The monoisotopic (exact) mass is 339 g/mol. The lowest BCUT2D eigenvalue weighted by Crippen LogP contribution is -2.47. The minimum Gasteiger partial charge on any atom is -0.368 e. The highest BCUT2D eigenvalue weighted by Gasteiger charge is 2.20. The van der Waals surface area contributed by atoms with Gasteiger partial charge in [0.15, 0.2) is 0 Å². The number of hydrogen-bond acceptors (Lipinski definition) is 5. The van der Waals surface area contributed by atoms with Crippen molar-refractivity contribution in [3.63, 3.8) is 0 Å². The predicted octanol–water partition coefficient (Wildman–Crippen LogP) is 3.55. The van der Waals surface area contributed by atoms with E-state index in [-0.39, 0.29) is 0 Å². The first-order valence-corrected chi connectivity index (χ1v) is 9.12. The minimum atomic E-state index is 0.329. The van der Waals surface area contributed by atoms with Crippen LogP contribution in [0.1, 0.15) is 30.7 Å². The van der Waals surface area contributed by atoms with Crippen LogP contribution in [0.2, 0.25) is 0 Å². The predicted molar refractivity (Wildman–Crippen MR) is 106 cm³/mol. The van der Waals surface area contributed by atoms with Crippen LogP contribution >= 0.6 is 0 Å². The standard InChI is InChI=1S/C20H29N5/c1-14(2)21-20-22-16(4)13-19(23-20)25-11-9-24(10-12-25)18-8-6-7-15(3)17(18)5/h6-8,13-14H,9-12H2,1-5H3,(H,21,22,23). The van der Waals surface area contributed by atoms with E-state index in [1.54, 1.807) is 0 Å². The van der Waals surface area contributed by atoms with E-state index < -0.39 is 0 Å². The maximum atomic E-state index is 4.71. The molecule has 1 aliphatic rings. The number of hydrogen-bond donors (Lipinski definition) is 1. The third-order valence-electron chi connectivity index (χ3n) is 4.78. The second kappa shape index (κ2) is 7.30. The number of benzene rings is 1. The number of aromatic nitrogens is 2. The maximum absolute atomic E-state index is 4.71. The molecule has 2 heterocycles. The number of nitrogens with zero attached hydrogens (tertiary/aromatic N) is 4. The molecule has 25 heavy (non-hydrogen) atoms. The molecule has 0 saturated carbocycles. The molecule has 1 fully saturated rings. The van der Waals surface area contributed by atoms with Crippen molar-refractivity contribution in [2.45, 2.75) is 40.7 Å². The molecular weight excluding hydrogens is 310 g/mol. The zero-order valence-electron chi connectivity index (χ0n) is 16.0. The topological polar surface area (TPSA) is 44.3 Å². The van der Waals surface area contributed by atoms with E-state index in [2.05, 4.69) is 72.1 Å². The summed E-state index contributed by atoms with van der Waals surface area (Å²) < 4.78 is 0. The molecule has 0 spiro atoms. The average Bonchev–Trinajstić information content (AvgIpc) is 2.56. The Morgan fingerprint density at radius 3 is 2.32 bits per heavy atom. The van der Waals surface area contributed by atoms with Gasteiger partial charge in [-0.15, -0.1) is 0 Å². The number of rotatable bonds is 4. The lowest BCUT2D eigenvalue weighted by molar-refractivity contribution is 0.645. The van der Waals surface area contributed by atoms with Crippen LogP contribution in [0.4, 0.5) is 17.5 Å². The summed E-state index contributed by atoms with van der Waals surface area (Å²) in [5, 5.41) is 3.31. The molecule has 0 radical (unpaired) electrons. The highest BCUT2D eigenvalue weighted by molar-refractivity contribution is 5.57. The summed E-state index contributed by atoms with van der Waals surface area (Å²) in [5.74, 6) is 1.75. The first-order valence-electron chi connectivity index (χ1n) is 9.12. The maximum Gasteiger partial charge on any atom is 0.225 e. The smallest absolute Gasteiger partial charge is 0.225 e. The third kappa shape index (κ3) is 4.03. The molecule has 0 aliphatic carbocycles. The molecule has 1 aliphatic heterocycles. The van der Waals surface area contributed by atoms with E-state index in [4.69, 9.17) is 4.98 Å². The quantitative estimate of drug-likeness (QED) is 0.923. The number of nitrogens with one attached hydrogen (secondary N) is 1. The van der Waals surface area contributed by atoms with E-state index in [0.29, 0.717) is 6.04 Å². The van der Waals surface area contributed by atoms with E-state index in [1.165, 1.54) is 16.8 Å². The Morgan fingerprint density at radius 1 is 0.960 bits per heavy atom. The first-order chi connectivity index (χ1) is 11.9. The van der Waals surface area contributed by atoms with Crippen LogP contribution < -0.4 is 15.1 Å². The fraction of sp³-hybridized carbons (Fsp3) is 0.500. The van der Waals surface area contributed by atoms with Gasteiger partial charge < -0.3 is 15.1 Å². The van der Waals surface area contributed by atoms with Gasteiger partial charge in [-0.05, 0) is 51.8 Å². The lowest BCUT2D eigenvalue weighted by Gasteiger charge is -2.37. The molecule has 1 aromatic heterocycles. The van der Waals surface area contributed by atoms with Crippen molar-refractivity contribution in [3.05, 3.63) is 41.1 Å². The first kappa shape index (κ1) is 17.5. The van der Waals surface area contributed by atoms with Gasteiger partial charge in [-0.3, -0.25) is 0 Å². The molecule has 5 heteroatoms. The Labute approximate surface area is 151 Å². The average molecular weight is 339 g/mol. The van der Waals surface area contributed by atoms with Gasteiger partial charge in [-0.1, -0.05) is 12.1 Å². The molecule has 0 atom stereocenters. The Morgan fingerprint density at radius 2 is 1.64 bits per heavy atom. The van der Waals surface area contributed by atoms with Gasteiger partial charge in [0.25, 0.3) is 0 Å². The largest absolute Gasteiger partial charge is 0.368 e. The van der Waals surface area contributed by atoms with Crippen molar-refractivity contribution < 1.29 is 0 Å². The van der Waals surface area contributed by atoms with Gasteiger partial charge in [-0.25, -0.2) is 4.98 Å². The summed E-state index contributed by atoms with van der Waals surface area (Å²) in [6, 6.07) is 8.98. The van der Waals surface area contributed by atoms with Crippen LogP contribution in [-0.4, -0.2) is 42.2 Å². The fourth-order valence-electron chi connectivity index (χ4n) is 3.29. The van der Waals surface area contributed by atoms with Gasteiger partial charge in [0, 0.05) is 49.7 Å². The molecule has 134 valence electrons. The highest BCUT2D eigenvalue weighted by Crippen LogP contribution is 2.25. The highest BCUT2D eigenvalue weighted by atomic mass is 15.3. The van der Waals surface area contributed by atoms with Crippen molar-refractivity contribution in [1.82, 2.24) is 9.97 Å². The zero-order chi connectivity index (χ0) is 18.0. The lowest BCUT2D eigenvalue weighted by atomic mass is 10.1. The molecule has 0 amide bonds. The summed E-state index contributed by atoms with van der Waals surface area (Å²) >= 11 is 0. The second-order valence-corrected chi connectivity index (χ2v) is 7.18. The van der Waals surface area contributed by atoms with Gasteiger partial charge in [0.2, 0.25) is 5.95 Å². The van der Waals surface area contributed by atoms with Crippen molar-refractivity contribution in [2.24, 2.45) is 0 Å². The van der Waals surface area contributed by atoms with Crippen molar-refractivity contribution >= 4 is 17.5 Å². The van der Waals surface area contributed by atoms with Crippen LogP contribution in [0.3, 0.4) is 0 Å². The summed E-state index contributed by atoms with van der Waals surface area (Å²) in [6.45, 7) is 14.6. The molecular formula is C20H29N5. The van der Waals surface area contributed by atoms with Crippen LogP contribution in [0, 0.1) is 20.8 Å². The van der Waals surface area contributed by atoms with E-state index in [0.717, 1.165) is 43.6 Å². The number of aryl methyl sites for hydroxylation is 2. The summed E-state index contributed by atoms with van der Waals surface area (Å²) in [4.78, 5) is 14.1. The molecule has 1 aromatic carbocycles. The normalized spacial score (nSPS) is 15.0. The number of piperazine rings is 1. The molecule has 0 bridgehead atoms. The van der Waals surface area contributed by atoms with Crippen LogP contribution in [0.15, 0.2) is 24.3 Å². The molecule has 5 nitrogen and oxygen atoms in total. The molecule has 1 N–H and O–H groups in total. The van der Waals surface area contributed by atoms with Crippen molar-refractivity contribution in [2.75, 3.05) is 41.3 Å². The summed E-state index contributed by atoms with van der Waals surface area (Å²) in [6.07, 6.45) is 0. The summed E-state index contributed by atoms with van der Waals surface area (Å²) in [7, 11) is 0. The Bertz CT molecular complexity index is 733. The van der Waals surface area contributed by atoms with Crippen LogP contribution in [0.5, 0.6) is 0 Å². The SMILES string of the molecule is Cc1cc(N2CCN(c3cccc(C)c3C)CC2)nc(NC(C)C)n1. The Kier molecular flexibility index (Phi) is 5.11. The van der Waals surface area contributed by atoms with E-state index in [9.17, 15) is 0 Å². The van der Waals surface area contributed by atoms with E-state index >= 15 is 0 Å². The molecule has 1 saturated heterocycles. The Hall–Kier alpha value is -2.30. The van der Waals surface area contributed by atoms with Gasteiger partial charge in [-0.2, -0.15) is 4.98 Å². The second-order valence-electron chi connectivity index (χ2n) is 7.18. The zero-order valence-corrected chi connectivity index (χ0v) is 16.0. The van der Waals surface area contributed by atoms with Gasteiger partial charge in [0.05, 0.1) is 0 Å². The molecule has 2 aromatic rings. The molecule has 3 rings (SSSR count). The number of anilines is 3. The fourth-order valence-corrected chi connectivity index (χ4v) is 3.29. The minimum absolute atomic E-state index is 0.329. The molecule has 0 unspecified atom stereocenters. The summed E-state index contributed by atoms with van der Waals surface area (Å²) in [5.41, 5.74) is 5.11.